The van der Waals surface area contributed by atoms with Crippen LogP contribution in [0.25, 0.3) is 0 Å². The number of carbonyl (C=O) groups is 1. The van der Waals surface area contributed by atoms with Gasteiger partial charge in [0.15, 0.2) is 0 Å². The molecule has 1 heterocycles. The second-order valence-corrected chi connectivity index (χ2v) is 4.42. The normalized spacial score (nSPS) is 38.9. The van der Waals surface area contributed by atoms with Gasteiger partial charge in [-0.25, -0.2) is 4.79 Å². The molecule has 74 valence electrons. The summed E-state index contributed by atoms with van der Waals surface area (Å²) in [4.78, 5) is 11.6. The number of hydrogen-bond acceptors (Lipinski definition) is 2. The fourth-order valence-electron chi connectivity index (χ4n) is 2.85. The zero-order valence-electron chi connectivity index (χ0n) is 8.38. The summed E-state index contributed by atoms with van der Waals surface area (Å²) >= 11 is 0. The van der Waals surface area contributed by atoms with E-state index in [0.29, 0.717) is 5.92 Å². The Hall–Kier alpha value is -1.05. The van der Waals surface area contributed by atoms with E-state index in [1.54, 1.807) is 0 Å². The van der Waals surface area contributed by atoms with Gasteiger partial charge < -0.3 is 4.74 Å². The lowest BCUT2D eigenvalue weighted by atomic mass is 9.93. The zero-order chi connectivity index (χ0) is 9.76. The van der Waals surface area contributed by atoms with Crippen LogP contribution >= 0.6 is 0 Å². The molecule has 0 bridgehead atoms. The molecule has 0 aromatic rings. The molecule has 3 aliphatic rings. The number of rotatable bonds is 1. The average Bonchev–Trinajstić information content (AvgIpc) is 2.84. The van der Waals surface area contributed by atoms with E-state index in [4.69, 9.17) is 4.74 Å². The summed E-state index contributed by atoms with van der Waals surface area (Å²) in [5.41, 5.74) is 2.00. The smallest absolute Gasteiger partial charge is 0.339 e. The number of carbonyl (C=O) groups excluding carboxylic acids is 1. The second-order valence-electron chi connectivity index (χ2n) is 4.42. The molecular formula is C12H14O2. The average molecular weight is 190 g/mol. The molecule has 0 aromatic carbocycles. The first-order chi connectivity index (χ1) is 6.78. The van der Waals surface area contributed by atoms with E-state index in [-0.39, 0.29) is 11.6 Å². The van der Waals surface area contributed by atoms with Crippen LogP contribution in [0.15, 0.2) is 23.3 Å². The SMILES string of the molecule is CCC1CC12OC(=O)C1=C2CCC=C1. The highest BCUT2D eigenvalue weighted by molar-refractivity contribution is 5.97. The van der Waals surface area contributed by atoms with Crippen LogP contribution in [0.5, 0.6) is 0 Å². The largest absolute Gasteiger partial charge is 0.451 e. The van der Waals surface area contributed by atoms with Gasteiger partial charge in [0, 0.05) is 5.92 Å². The maximum Gasteiger partial charge on any atom is 0.339 e. The number of ether oxygens (including phenoxy) is 1. The van der Waals surface area contributed by atoms with E-state index >= 15 is 0 Å². The van der Waals surface area contributed by atoms with Gasteiger partial charge in [-0.2, -0.15) is 0 Å². The number of hydrogen-bond donors (Lipinski definition) is 0. The maximum absolute atomic E-state index is 11.6. The standard InChI is InChI=1S/C12H14O2/c1-2-8-7-12(8)10-6-4-3-5-9(10)11(13)14-12/h3,5,8H,2,4,6-7H2,1H3. The van der Waals surface area contributed by atoms with Crippen LogP contribution in [0, 0.1) is 5.92 Å². The molecule has 2 heteroatoms. The Bertz CT molecular complexity index is 365. The fourth-order valence-corrected chi connectivity index (χ4v) is 2.85. The lowest BCUT2D eigenvalue weighted by molar-refractivity contribution is -0.141. The van der Waals surface area contributed by atoms with Gasteiger partial charge in [0.1, 0.15) is 5.60 Å². The molecule has 0 amide bonds. The topological polar surface area (TPSA) is 26.3 Å². The van der Waals surface area contributed by atoms with E-state index in [0.717, 1.165) is 31.3 Å². The highest BCUT2D eigenvalue weighted by Crippen LogP contribution is 2.59. The quantitative estimate of drug-likeness (QED) is 0.593. The monoisotopic (exact) mass is 190 g/mol. The van der Waals surface area contributed by atoms with E-state index in [1.165, 1.54) is 5.57 Å². The highest BCUT2D eigenvalue weighted by Gasteiger charge is 2.63. The summed E-state index contributed by atoms with van der Waals surface area (Å²) < 4.78 is 5.55. The first kappa shape index (κ1) is 8.27. The Labute approximate surface area is 83.6 Å². The van der Waals surface area contributed by atoms with E-state index in [2.05, 4.69) is 13.0 Å². The van der Waals surface area contributed by atoms with Crippen LogP contribution in [0.1, 0.15) is 32.6 Å². The van der Waals surface area contributed by atoms with Crippen molar-refractivity contribution in [2.45, 2.75) is 38.2 Å². The summed E-state index contributed by atoms with van der Waals surface area (Å²) in [6, 6.07) is 0. The third kappa shape index (κ3) is 0.839. The molecule has 14 heavy (non-hydrogen) atoms. The molecule has 1 fully saturated rings. The van der Waals surface area contributed by atoms with Crippen LogP contribution in [-0.2, 0) is 9.53 Å². The van der Waals surface area contributed by atoms with Crippen LogP contribution < -0.4 is 0 Å². The molecule has 2 unspecified atom stereocenters. The van der Waals surface area contributed by atoms with Gasteiger partial charge in [-0.05, 0) is 31.3 Å². The molecule has 2 aliphatic carbocycles. The van der Waals surface area contributed by atoms with Gasteiger partial charge >= 0.3 is 5.97 Å². The first-order valence-corrected chi connectivity index (χ1v) is 5.41. The van der Waals surface area contributed by atoms with Gasteiger partial charge in [0.25, 0.3) is 0 Å². The molecular weight excluding hydrogens is 176 g/mol. The highest BCUT2D eigenvalue weighted by atomic mass is 16.6. The molecule has 0 aromatic heterocycles. The minimum absolute atomic E-state index is 0.0908. The first-order valence-electron chi connectivity index (χ1n) is 5.41. The predicted octanol–water partition coefficient (Wildman–Crippen LogP) is 2.36. The van der Waals surface area contributed by atoms with Crippen molar-refractivity contribution in [2.24, 2.45) is 5.92 Å². The molecule has 2 nitrogen and oxygen atoms in total. The molecule has 0 saturated heterocycles. The summed E-state index contributed by atoms with van der Waals surface area (Å²) in [6.45, 7) is 2.17. The van der Waals surface area contributed by atoms with Crippen molar-refractivity contribution in [1.29, 1.82) is 0 Å². The molecule has 1 spiro atoms. The Kier molecular flexibility index (Phi) is 1.48. The lowest BCUT2D eigenvalue weighted by Crippen LogP contribution is -2.16. The summed E-state index contributed by atoms with van der Waals surface area (Å²) in [5.74, 6) is 0.498. The maximum atomic E-state index is 11.6. The predicted molar refractivity (Wildman–Crippen MR) is 52.6 cm³/mol. The third-order valence-electron chi connectivity index (χ3n) is 3.72. The Morgan fingerprint density at radius 3 is 3.21 bits per heavy atom. The van der Waals surface area contributed by atoms with Crippen molar-refractivity contribution in [3.05, 3.63) is 23.3 Å². The minimum Gasteiger partial charge on any atom is -0.451 e. The molecule has 0 radical (unpaired) electrons. The van der Waals surface area contributed by atoms with E-state index < -0.39 is 0 Å². The van der Waals surface area contributed by atoms with Gasteiger partial charge in [0.2, 0.25) is 0 Å². The van der Waals surface area contributed by atoms with Crippen LogP contribution in [0.2, 0.25) is 0 Å². The summed E-state index contributed by atoms with van der Waals surface area (Å²) in [5, 5.41) is 0. The molecule has 3 rings (SSSR count). The third-order valence-corrected chi connectivity index (χ3v) is 3.72. The van der Waals surface area contributed by atoms with Crippen molar-refractivity contribution in [3.8, 4) is 0 Å². The van der Waals surface area contributed by atoms with Gasteiger partial charge in [-0.3, -0.25) is 0 Å². The number of fused-ring (bicyclic) bond motifs is 1. The zero-order valence-corrected chi connectivity index (χ0v) is 8.38. The van der Waals surface area contributed by atoms with E-state index in [9.17, 15) is 4.79 Å². The molecule has 1 saturated carbocycles. The van der Waals surface area contributed by atoms with E-state index in [1.807, 2.05) is 6.08 Å². The van der Waals surface area contributed by atoms with Crippen LogP contribution in [0.3, 0.4) is 0 Å². The van der Waals surface area contributed by atoms with Crippen LogP contribution in [0.4, 0.5) is 0 Å². The van der Waals surface area contributed by atoms with Crippen molar-refractivity contribution in [3.63, 3.8) is 0 Å². The molecule has 1 aliphatic heterocycles. The molecule has 2 atom stereocenters. The second kappa shape index (κ2) is 2.50. The Balaban J connectivity index is 2.02. The van der Waals surface area contributed by atoms with Crippen molar-refractivity contribution < 1.29 is 9.53 Å². The van der Waals surface area contributed by atoms with Gasteiger partial charge in [0.05, 0.1) is 5.57 Å². The minimum atomic E-state index is -0.147. The number of esters is 1. The Morgan fingerprint density at radius 1 is 1.64 bits per heavy atom. The molecule has 0 N–H and O–H groups in total. The summed E-state index contributed by atoms with van der Waals surface area (Å²) in [7, 11) is 0. The van der Waals surface area contributed by atoms with Crippen molar-refractivity contribution in [1.82, 2.24) is 0 Å². The lowest BCUT2D eigenvalue weighted by Gasteiger charge is -2.14. The summed E-state index contributed by atoms with van der Waals surface area (Å²) in [6.07, 6.45) is 8.28. The fraction of sp³-hybridized carbons (Fsp3) is 0.583. The Morgan fingerprint density at radius 2 is 2.50 bits per heavy atom. The van der Waals surface area contributed by atoms with Crippen LogP contribution in [-0.4, -0.2) is 11.6 Å². The number of allylic oxidation sites excluding steroid dienone is 1. The van der Waals surface area contributed by atoms with Crippen molar-refractivity contribution in [2.75, 3.05) is 0 Å². The van der Waals surface area contributed by atoms with Gasteiger partial charge in [-0.1, -0.05) is 19.1 Å². The van der Waals surface area contributed by atoms with Crippen molar-refractivity contribution >= 4 is 5.97 Å². The van der Waals surface area contributed by atoms with Gasteiger partial charge in [-0.15, -0.1) is 0 Å².